The summed E-state index contributed by atoms with van der Waals surface area (Å²) in [6.07, 6.45) is 0.0186. The van der Waals surface area contributed by atoms with Crippen LogP contribution in [0.4, 0.5) is 13.2 Å². The number of aliphatic hydroxyl groups is 1. The van der Waals surface area contributed by atoms with Gasteiger partial charge in [-0.25, -0.2) is 10.9 Å². The molecule has 6 unspecified atom stereocenters. The van der Waals surface area contributed by atoms with E-state index in [1.807, 2.05) is 30.3 Å². The number of nitrogens with zero attached hydrogens (tertiary/aromatic N) is 1. The standard InChI is InChI=1S/C26H39F3N4O3/c27-26(28,29)20-12-13-21-23-31-32-24(36-23)25(34,17-35-16-18-8-3-1-4-9-18)14-6-2-5-10-19-11-7-15-33(19)22(20)30-21/h1,3-4,8-9,19-24,30-32,34H,2,5-7,10-17H2/t19-,20?,21?,22?,23?,24?,25?/m0/s1. The summed E-state index contributed by atoms with van der Waals surface area (Å²) >= 11 is 0. The molecule has 4 aliphatic heterocycles. The topological polar surface area (TPSA) is 78.0 Å². The van der Waals surface area contributed by atoms with E-state index in [9.17, 15) is 18.3 Å². The van der Waals surface area contributed by atoms with E-state index >= 15 is 0 Å². The summed E-state index contributed by atoms with van der Waals surface area (Å²) in [7, 11) is 0. The van der Waals surface area contributed by atoms with Crippen molar-refractivity contribution in [1.82, 2.24) is 21.1 Å². The molecule has 4 bridgehead atoms. The lowest BCUT2D eigenvalue weighted by atomic mass is 9.88. The van der Waals surface area contributed by atoms with Gasteiger partial charge >= 0.3 is 6.18 Å². The Morgan fingerprint density at radius 3 is 2.64 bits per heavy atom. The Balaban J connectivity index is 1.31. The molecule has 36 heavy (non-hydrogen) atoms. The van der Waals surface area contributed by atoms with Crippen LogP contribution in [-0.4, -0.2) is 65.6 Å². The van der Waals surface area contributed by atoms with Gasteiger partial charge in [0.25, 0.3) is 0 Å². The summed E-state index contributed by atoms with van der Waals surface area (Å²) < 4.78 is 54.2. The first-order valence-electron chi connectivity index (χ1n) is 13.4. The van der Waals surface area contributed by atoms with Gasteiger partial charge in [0.05, 0.1) is 25.3 Å². The molecule has 7 atom stereocenters. The molecule has 1 aromatic carbocycles. The molecule has 5 rings (SSSR count). The summed E-state index contributed by atoms with van der Waals surface area (Å²) in [6, 6.07) is 9.66. The minimum atomic E-state index is -4.25. The van der Waals surface area contributed by atoms with E-state index in [1.165, 1.54) is 0 Å². The number of halogens is 3. The van der Waals surface area contributed by atoms with Crippen molar-refractivity contribution >= 4 is 0 Å². The van der Waals surface area contributed by atoms with Gasteiger partial charge in [-0.2, -0.15) is 13.2 Å². The Hall–Kier alpha value is -1.27. The second-order valence-electron chi connectivity index (χ2n) is 10.9. The molecule has 10 heteroatoms. The first-order valence-corrected chi connectivity index (χ1v) is 13.4. The molecule has 202 valence electrons. The molecule has 7 nitrogen and oxygen atoms in total. The van der Waals surface area contributed by atoms with Crippen molar-refractivity contribution in [1.29, 1.82) is 0 Å². The third-order valence-corrected chi connectivity index (χ3v) is 8.36. The molecule has 0 spiro atoms. The minimum absolute atomic E-state index is 0.0612. The Morgan fingerprint density at radius 1 is 1.03 bits per heavy atom. The molecule has 0 amide bonds. The van der Waals surface area contributed by atoms with Crippen LogP contribution < -0.4 is 16.2 Å². The van der Waals surface area contributed by atoms with Crippen LogP contribution in [0.25, 0.3) is 0 Å². The highest BCUT2D eigenvalue weighted by molar-refractivity contribution is 5.13. The maximum absolute atomic E-state index is 14.0. The van der Waals surface area contributed by atoms with Crippen LogP contribution in [0.1, 0.15) is 63.4 Å². The van der Waals surface area contributed by atoms with Gasteiger partial charge in [0.2, 0.25) is 0 Å². The number of benzene rings is 1. The molecular formula is C26H39F3N4O3. The molecule has 4 aliphatic rings. The van der Waals surface area contributed by atoms with Gasteiger partial charge in [0.1, 0.15) is 11.8 Å². The number of hydrogen-bond donors (Lipinski definition) is 4. The molecule has 4 heterocycles. The van der Waals surface area contributed by atoms with E-state index in [0.29, 0.717) is 26.0 Å². The maximum atomic E-state index is 14.0. The molecule has 0 radical (unpaired) electrons. The number of fused-ring (bicyclic) bond motifs is 7. The second kappa shape index (κ2) is 11.2. The lowest BCUT2D eigenvalue weighted by Crippen LogP contribution is -2.64. The van der Waals surface area contributed by atoms with Gasteiger partial charge in [0, 0.05) is 12.1 Å². The lowest BCUT2D eigenvalue weighted by Gasteiger charge is -2.46. The summed E-state index contributed by atoms with van der Waals surface area (Å²) in [5, 5.41) is 15.0. The number of hydrogen-bond acceptors (Lipinski definition) is 7. The summed E-state index contributed by atoms with van der Waals surface area (Å²) in [6.45, 7) is 1.18. The van der Waals surface area contributed by atoms with Crippen LogP contribution in [-0.2, 0) is 16.1 Å². The fourth-order valence-corrected chi connectivity index (χ4v) is 6.39. The SMILES string of the molecule is OC1(COCc2ccccc2)CCCCC[C@H]2CCCN2C2NC(CCC2C(F)(F)F)C2NNC1O2. The normalized spacial score (nSPS) is 38.4. The van der Waals surface area contributed by atoms with Crippen molar-refractivity contribution in [2.75, 3.05) is 13.2 Å². The average Bonchev–Trinajstić information content (AvgIpc) is 3.54. The van der Waals surface area contributed by atoms with Crippen LogP contribution >= 0.6 is 0 Å². The zero-order valence-electron chi connectivity index (χ0n) is 20.7. The van der Waals surface area contributed by atoms with Gasteiger partial charge in [-0.1, -0.05) is 49.6 Å². The van der Waals surface area contributed by atoms with E-state index in [4.69, 9.17) is 9.47 Å². The number of alkyl halides is 3. The van der Waals surface area contributed by atoms with Gasteiger partial charge < -0.3 is 14.6 Å². The number of piperidine rings is 1. The highest BCUT2D eigenvalue weighted by Gasteiger charge is 2.53. The molecule has 0 aromatic heterocycles. The van der Waals surface area contributed by atoms with Crippen LogP contribution in [0.3, 0.4) is 0 Å². The van der Waals surface area contributed by atoms with Crippen molar-refractivity contribution in [3.8, 4) is 0 Å². The zero-order chi connectivity index (χ0) is 25.2. The third-order valence-electron chi connectivity index (χ3n) is 8.36. The fourth-order valence-electron chi connectivity index (χ4n) is 6.39. The fraction of sp³-hybridized carbons (Fsp3) is 0.769. The van der Waals surface area contributed by atoms with E-state index in [1.54, 1.807) is 0 Å². The smallest absolute Gasteiger partial charge is 0.383 e. The third kappa shape index (κ3) is 5.90. The van der Waals surface area contributed by atoms with E-state index in [0.717, 1.165) is 44.1 Å². The minimum Gasteiger partial charge on any atom is -0.383 e. The number of rotatable bonds is 4. The largest absolute Gasteiger partial charge is 0.394 e. The van der Waals surface area contributed by atoms with Crippen molar-refractivity contribution in [2.45, 2.75) is 107 Å². The van der Waals surface area contributed by atoms with Crippen LogP contribution in [0.15, 0.2) is 30.3 Å². The Bertz CT molecular complexity index is 847. The second-order valence-corrected chi connectivity index (χ2v) is 10.9. The molecule has 4 fully saturated rings. The molecule has 4 saturated heterocycles. The van der Waals surface area contributed by atoms with E-state index < -0.39 is 36.3 Å². The summed E-state index contributed by atoms with van der Waals surface area (Å²) in [4.78, 5) is 2.07. The first kappa shape index (κ1) is 26.3. The number of ether oxygens (including phenoxy) is 2. The summed E-state index contributed by atoms with van der Waals surface area (Å²) in [5.41, 5.74) is 5.95. The molecular weight excluding hydrogens is 473 g/mol. The van der Waals surface area contributed by atoms with Gasteiger partial charge in [-0.05, 0) is 50.6 Å². The highest BCUT2D eigenvalue weighted by Crippen LogP contribution is 2.40. The number of hydrazine groups is 1. The predicted molar refractivity (Wildman–Crippen MR) is 128 cm³/mol. The Morgan fingerprint density at radius 2 is 1.83 bits per heavy atom. The molecule has 1 aromatic rings. The lowest BCUT2D eigenvalue weighted by molar-refractivity contribution is -0.210. The maximum Gasteiger partial charge on any atom is 0.394 e. The number of nitrogens with one attached hydrogen (secondary N) is 3. The van der Waals surface area contributed by atoms with Crippen molar-refractivity contribution < 1.29 is 27.8 Å². The van der Waals surface area contributed by atoms with Gasteiger partial charge in [-0.3, -0.25) is 10.2 Å². The molecule has 0 saturated carbocycles. The Kier molecular flexibility index (Phi) is 8.22. The average molecular weight is 513 g/mol. The quantitative estimate of drug-likeness (QED) is 0.493. The Labute approximate surface area is 211 Å². The van der Waals surface area contributed by atoms with E-state index in [2.05, 4.69) is 21.1 Å². The molecule has 4 N–H and O–H groups in total. The monoisotopic (exact) mass is 512 g/mol. The van der Waals surface area contributed by atoms with Crippen LogP contribution in [0.5, 0.6) is 0 Å². The van der Waals surface area contributed by atoms with Gasteiger partial charge in [0.15, 0.2) is 6.23 Å². The highest BCUT2D eigenvalue weighted by atomic mass is 19.4. The summed E-state index contributed by atoms with van der Waals surface area (Å²) in [5.74, 6) is -1.39. The van der Waals surface area contributed by atoms with Gasteiger partial charge in [-0.15, -0.1) is 0 Å². The first-order chi connectivity index (χ1) is 17.3. The van der Waals surface area contributed by atoms with Crippen LogP contribution in [0, 0.1) is 5.92 Å². The van der Waals surface area contributed by atoms with Crippen molar-refractivity contribution in [3.05, 3.63) is 35.9 Å². The predicted octanol–water partition coefficient (Wildman–Crippen LogP) is 3.40. The van der Waals surface area contributed by atoms with Crippen LogP contribution in [0.2, 0.25) is 0 Å². The zero-order valence-corrected chi connectivity index (χ0v) is 20.7. The van der Waals surface area contributed by atoms with E-state index in [-0.39, 0.29) is 25.1 Å². The van der Waals surface area contributed by atoms with Crippen molar-refractivity contribution in [3.63, 3.8) is 0 Å². The molecule has 0 aliphatic carbocycles. The van der Waals surface area contributed by atoms with Crippen molar-refractivity contribution in [2.24, 2.45) is 5.92 Å².